The number of methoxy groups -OCH3 is 1. The molecule has 1 amide bonds. The van der Waals surface area contributed by atoms with E-state index in [0.717, 1.165) is 30.0 Å². The summed E-state index contributed by atoms with van der Waals surface area (Å²) in [5.74, 6) is 0.902. The molecule has 1 saturated heterocycles. The fourth-order valence-corrected chi connectivity index (χ4v) is 4.54. The number of likely N-dealkylation sites (tertiary alicyclic amines) is 1. The summed E-state index contributed by atoms with van der Waals surface area (Å²) in [5.41, 5.74) is 3.09. The Morgan fingerprint density at radius 1 is 1.10 bits per heavy atom. The molecule has 1 fully saturated rings. The summed E-state index contributed by atoms with van der Waals surface area (Å²) in [4.78, 5) is 14.5. The average Bonchev–Trinajstić information content (AvgIpc) is 3.30. The number of hydrogen-bond donors (Lipinski definition) is 1. The van der Waals surface area contributed by atoms with Gasteiger partial charge in [-0.2, -0.15) is 0 Å². The number of halogens is 1. The van der Waals surface area contributed by atoms with Crippen LogP contribution in [-0.4, -0.2) is 42.2 Å². The van der Waals surface area contributed by atoms with Crippen molar-refractivity contribution < 1.29 is 18.7 Å². The summed E-state index contributed by atoms with van der Waals surface area (Å²) in [6.45, 7) is 1.20. The third-order valence-electron chi connectivity index (χ3n) is 6.22. The van der Waals surface area contributed by atoms with Crippen LogP contribution in [0.1, 0.15) is 18.5 Å². The molecule has 5 rings (SSSR count). The lowest BCUT2D eigenvalue weighted by atomic mass is 9.82. The van der Waals surface area contributed by atoms with Crippen LogP contribution in [0.15, 0.2) is 60.8 Å². The van der Waals surface area contributed by atoms with E-state index in [-0.39, 0.29) is 23.9 Å². The van der Waals surface area contributed by atoms with Crippen LogP contribution in [-0.2, 0) is 10.3 Å². The highest BCUT2D eigenvalue weighted by atomic mass is 19.1. The minimum absolute atomic E-state index is 0.0531. The Bertz CT molecular complexity index is 1100. The van der Waals surface area contributed by atoms with Gasteiger partial charge in [0, 0.05) is 31.0 Å². The number of nitrogens with one attached hydrogen (secondary N) is 1. The zero-order valence-electron chi connectivity index (χ0n) is 17.3. The first-order chi connectivity index (χ1) is 15.1. The van der Waals surface area contributed by atoms with Crippen molar-refractivity contribution in [1.29, 1.82) is 0 Å². The summed E-state index contributed by atoms with van der Waals surface area (Å²) >= 11 is 0. The zero-order chi connectivity index (χ0) is 21.4. The molecule has 0 bridgehead atoms. The molecule has 0 atom stereocenters. The van der Waals surface area contributed by atoms with Crippen molar-refractivity contribution in [2.75, 3.05) is 32.1 Å². The van der Waals surface area contributed by atoms with Gasteiger partial charge in [0.2, 0.25) is 0 Å². The van der Waals surface area contributed by atoms with Crippen LogP contribution < -0.4 is 14.8 Å². The maximum atomic E-state index is 13.0. The Hall–Kier alpha value is -3.48. The molecule has 2 aromatic carbocycles. The molecule has 7 heteroatoms. The van der Waals surface area contributed by atoms with Gasteiger partial charge in [0.05, 0.1) is 24.0 Å². The number of aromatic nitrogens is 1. The molecule has 1 N–H and O–H groups in total. The fraction of sp³-hybridized carbons (Fsp3) is 0.292. The number of rotatable bonds is 4. The van der Waals surface area contributed by atoms with E-state index in [1.807, 2.05) is 17.0 Å². The number of carbonyl (C=O) groups excluding carboxylic acids is 1. The Labute approximate surface area is 180 Å². The molecule has 2 aliphatic rings. The molecular weight excluding hydrogens is 397 g/mol. The highest BCUT2D eigenvalue weighted by Crippen LogP contribution is 2.44. The summed E-state index contributed by atoms with van der Waals surface area (Å²) < 4.78 is 26.2. The van der Waals surface area contributed by atoms with Gasteiger partial charge in [-0.15, -0.1) is 0 Å². The maximum Gasteiger partial charge on any atom is 0.260 e. The quantitative estimate of drug-likeness (QED) is 0.693. The van der Waals surface area contributed by atoms with E-state index < -0.39 is 0 Å². The number of benzene rings is 2. The molecule has 3 aromatic rings. The molecule has 160 valence electrons. The lowest BCUT2D eigenvalue weighted by Crippen LogP contribution is -2.51. The van der Waals surface area contributed by atoms with Crippen molar-refractivity contribution in [3.8, 4) is 17.2 Å². The lowest BCUT2D eigenvalue weighted by molar-refractivity contribution is -0.134. The number of hydrogen-bond acceptors (Lipinski definition) is 4. The van der Waals surface area contributed by atoms with Crippen LogP contribution in [0.2, 0.25) is 0 Å². The molecule has 1 aromatic heterocycles. The maximum absolute atomic E-state index is 13.0. The van der Waals surface area contributed by atoms with E-state index in [9.17, 15) is 9.18 Å². The molecule has 0 radical (unpaired) electrons. The van der Waals surface area contributed by atoms with Crippen molar-refractivity contribution in [3.63, 3.8) is 0 Å². The second-order valence-electron chi connectivity index (χ2n) is 7.98. The second-order valence-corrected chi connectivity index (χ2v) is 7.98. The predicted molar refractivity (Wildman–Crippen MR) is 115 cm³/mol. The monoisotopic (exact) mass is 421 g/mol. The van der Waals surface area contributed by atoms with E-state index in [1.165, 1.54) is 30.0 Å². The van der Waals surface area contributed by atoms with E-state index in [0.29, 0.717) is 18.8 Å². The summed E-state index contributed by atoms with van der Waals surface area (Å²) in [6, 6.07) is 15.9. The van der Waals surface area contributed by atoms with Crippen molar-refractivity contribution in [2.45, 2.75) is 18.4 Å². The number of nitrogens with zero attached hydrogens (tertiary/aromatic N) is 2. The summed E-state index contributed by atoms with van der Waals surface area (Å²) in [6.07, 6.45) is 3.66. The number of anilines is 1. The lowest BCUT2D eigenvalue weighted by Gasteiger charge is -2.46. The van der Waals surface area contributed by atoms with Gasteiger partial charge >= 0.3 is 0 Å². The molecule has 31 heavy (non-hydrogen) atoms. The number of ether oxygens (including phenoxy) is 2. The molecule has 6 nitrogen and oxygen atoms in total. The number of fused-ring (bicyclic) bond motifs is 4. The number of carbonyl (C=O) groups is 1. The fourth-order valence-electron chi connectivity index (χ4n) is 4.54. The highest BCUT2D eigenvalue weighted by molar-refractivity contribution is 5.78. The van der Waals surface area contributed by atoms with E-state index in [2.05, 4.69) is 34.3 Å². The predicted octanol–water partition coefficient (Wildman–Crippen LogP) is 3.95. The Morgan fingerprint density at radius 3 is 2.58 bits per heavy atom. The van der Waals surface area contributed by atoms with Gasteiger partial charge in [-0.05, 0) is 61.4 Å². The van der Waals surface area contributed by atoms with Gasteiger partial charge in [-0.3, -0.25) is 4.79 Å². The summed E-state index contributed by atoms with van der Waals surface area (Å²) in [7, 11) is 1.67. The van der Waals surface area contributed by atoms with Crippen molar-refractivity contribution in [1.82, 2.24) is 9.47 Å². The van der Waals surface area contributed by atoms with Crippen LogP contribution in [0.5, 0.6) is 11.5 Å². The third-order valence-corrected chi connectivity index (χ3v) is 6.22. The van der Waals surface area contributed by atoms with E-state index in [4.69, 9.17) is 9.47 Å². The molecule has 3 heterocycles. The first kappa shape index (κ1) is 19.5. The summed E-state index contributed by atoms with van der Waals surface area (Å²) in [5, 5.41) is 3.75. The van der Waals surface area contributed by atoms with Gasteiger partial charge in [0.15, 0.2) is 6.61 Å². The molecule has 0 aliphatic carbocycles. The van der Waals surface area contributed by atoms with Crippen LogP contribution >= 0.6 is 0 Å². The number of amides is 1. The standard InChI is InChI=1S/C24H24FN3O3/c1-30-19-8-9-21-20(15-19)26-24(22-3-2-12-28(21)22)10-13-27(14-11-24)23(29)16-31-18-6-4-17(25)5-7-18/h2-9,12,15,26H,10-11,13-14,16H2,1H3. The Morgan fingerprint density at radius 2 is 1.84 bits per heavy atom. The Kier molecular flexibility index (Phi) is 4.81. The van der Waals surface area contributed by atoms with Gasteiger partial charge in [0.1, 0.15) is 17.3 Å². The number of piperidine rings is 1. The van der Waals surface area contributed by atoms with Crippen LogP contribution in [0.25, 0.3) is 5.69 Å². The van der Waals surface area contributed by atoms with Gasteiger partial charge in [-0.1, -0.05) is 0 Å². The van der Waals surface area contributed by atoms with Crippen LogP contribution in [0.3, 0.4) is 0 Å². The normalized spacial score (nSPS) is 16.3. The van der Waals surface area contributed by atoms with E-state index in [1.54, 1.807) is 7.11 Å². The average molecular weight is 421 g/mol. The largest absolute Gasteiger partial charge is 0.497 e. The smallest absolute Gasteiger partial charge is 0.260 e. The van der Waals surface area contributed by atoms with Crippen molar-refractivity contribution in [2.24, 2.45) is 0 Å². The van der Waals surface area contributed by atoms with Crippen LogP contribution in [0.4, 0.5) is 10.1 Å². The Balaban J connectivity index is 1.29. The zero-order valence-corrected chi connectivity index (χ0v) is 17.3. The van der Waals surface area contributed by atoms with E-state index >= 15 is 0 Å². The molecule has 1 spiro atoms. The molecule has 2 aliphatic heterocycles. The first-order valence-corrected chi connectivity index (χ1v) is 10.4. The van der Waals surface area contributed by atoms with Gasteiger partial charge in [-0.25, -0.2) is 4.39 Å². The highest BCUT2D eigenvalue weighted by Gasteiger charge is 2.42. The van der Waals surface area contributed by atoms with Crippen molar-refractivity contribution >= 4 is 11.6 Å². The van der Waals surface area contributed by atoms with Crippen molar-refractivity contribution in [3.05, 3.63) is 72.3 Å². The molecule has 0 saturated carbocycles. The second kappa shape index (κ2) is 7.65. The minimum atomic E-state index is -0.330. The third kappa shape index (κ3) is 3.50. The topological polar surface area (TPSA) is 55.7 Å². The first-order valence-electron chi connectivity index (χ1n) is 10.4. The molecular formula is C24H24FN3O3. The van der Waals surface area contributed by atoms with Crippen LogP contribution in [0, 0.1) is 5.82 Å². The van der Waals surface area contributed by atoms with Gasteiger partial charge in [0.25, 0.3) is 5.91 Å². The minimum Gasteiger partial charge on any atom is -0.497 e. The SMILES string of the molecule is COc1ccc2c(c1)NC1(CCN(C(=O)COc3ccc(F)cc3)CC1)c1cccn1-2. The van der Waals surface area contributed by atoms with Gasteiger partial charge < -0.3 is 24.3 Å². The molecule has 0 unspecified atom stereocenters.